The lowest BCUT2D eigenvalue weighted by atomic mass is 10.1. The van der Waals surface area contributed by atoms with E-state index in [-0.39, 0.29) is 43.9 Å². The number of aromatic nitrogens is 4. The number of pyridine rings is 2. The van der Waals surface area contributed by atoms with Crippen molar-refractivity contribution < 1.29 is 52.4 Å². The molecule has 5 aromatic carbocycles. The number of hydrogen-bond donors (Lipinski definition) is 1. The maximum absolute atomic E-state index is 13.7. The molecule has 26 heteroatoms. The number of rotatable bonds is 13. The van der Waals surface area contributed by atoms with Gasteiger partial charge in [0.1, 0.15) is 26.7 Å². The summed E-state index contributed by atoms with van der Waals surface area (Å²) in [5.41, 5.74) is 4.34. The summed E-state index contributed by atoms with van der Waals surface area (Å²) >= 11 is 14.9. The highest BCUT2D eigenvalue weighted by molar-refractivity contribution is 7.93. The van der Waals surface area contributed by atoms with Crippen LogP contribution in [0, 0.1) is 56.1 Å². The smallest absolute Gasteiger partial charge is 0.339 e. The van der Waals surface area contributed by atoms with Crippen molar-refractivity contribution in [2.45, 2.75) is 36.7 Å². The van der Waals surface area contributed by atoms with Crippen LogP contribution < -0.4 is 23.3 Å². The summed E-state index contributed by atoms with van der Waals surface area (Å²) in [5.74, 6) is -12.5. The second kappa shape index (κ2) is 23.9. The van der Waals surface area contributed by atoms with E-state index in [0.29, 0.717) is 21.7 Å². The Morgan fingerprint density at radius 1 is 0.632 bits per heavy atom. The second-order valence-corrected chi connectivity index (χ2v) is 21.4. The van der Waals surface area contributed by atoms with E-state index in [9.17, 15) is 38.8 Å². The normalized spacial score (nSPS) is 11.1. The molecule has 0 amide bonds. The molecule has 0 fully saturated rings. The molecule has 0 aliphatic heterocycles. The molecule has 4 aromatic heterocycles. The van der Waals surface area contributed by atoms with Gasteiger partial charge < -0.3 is 19.0 Å². The number of thiazole rings is 2. The van der Waals surface area contributed by atoms with E-state index >= 15 is 0 Å². The Kier molecular flexibility index (Phi) is 17.6. The Morgan fingerprint density at radius 2 is 1.13 bits per heavy atom. The zero-order valence-electron chi connectivity index (χ0n) is 39.6. The van der Waals surface area contributed by atoms with Crippen molar-refractivity contribution >= 4 is 109 Å². The van der Waals surface area contributed by atoms with E-state index in [1.54, 1.807) is 55.5 Å². The second-order valence-electron chi connectivity index (χ2n) is 15.5. The van der Waals surface area contributed by atoms with E-state index in [1.165, 1.54) is 45.1 Å². The highest BCUT2D eigenvalue weighted by Crippen LogP contribution is 2.37. The van der Waals surface area contributed by atoms with Gasteiger partial charge in [-0.1, -0.05) is 47.5 Å². The third-order valence-electron chi connectivity index (χ3n) is 11.0. The van der Waals surface area contributed by atoms with Crippen molar-refractivity contribution in [2.75, 3.05) is 23.8 Å². The van der Waals surface area contributed by atoms with E-state index in [1.807, 2.05) is 36.6 Å². The maximum atomic E-state index is 13.7. The van der Waals surface area contributed by atoms with Crippen molar-refractivity contribution in [3.05, 3.63) is 193 Å². The summed E-state index contributed by atoms with van der Waals surface area (Å²) in [6.07, 6.45) is 5.77. The summed E-state index contributed by atoms with van der Waals surface area (Å²) < 4.78 is 135. The average molecular weight is 1150 g/mol. The number of anilines is 2. The molecule has 0 atom stereocenters. The van der Waals surface area contributed by atoms with Crippen molar-refractivity contribution in [1.29, 1.82) is 0 Å². The number of benzene rings is 5. The number of sulfonamides is 1. The van der Waals surface area contributed by atoms with Gasteiger partial charge in [0.2, 0.25) is 46.2 Å². The highest BCUT2D eigenvalue weighted by atomic mass is 35.5. The topological polar surface area (TPSA) is 172 Å². The summed E-state index contributed by atoms with van der Waals surface area (Å²) in [5, 5.41) is 9.61. The predicted octanol–water partition coefficient (Wildman–Crippen LogP) is 13.6. The van der Waals surface area contributed by atoms with E-state index in [4.69, 9.17) is 45.8 Å². The van der Waals surface area contributed by atoms with Gasteiger partial charge in [0.05, 0.1) is 38.8 Å². The van der Waals surface area contributed by atoms with E-state index < -0.39 is 59.9 Å². The van der Waals surface area contributed by atoms with Crippen LogP contribution in [0.4, 0.5) is 43.6 Å². The summed E-state index contributed by atoms with van der Waals surface area (Å²) in [6.45, 7) is 19.3. The first-order valence-corrected chi connectivity index (χ1v) is 26.8. The van der Waals surface area contributed by atoms with Crippen LogP contribution in [0.25, 0.3) is 31.2 Å². The molecule has 9 rings (SSSR count). The molecule has 0 unspecified atom stereocenters. The minimum Gasteiger partial charge on any atom is -0.497 e. The molecule has 390 valence electrons. The Bertz CT molecular complexity index is 3940. The lowest BCUT2D eigenvalue weighted by Crippen LogP contribution is -2.30. The summed E-state index contributed by atoms with van der Waals surface area (Å²) in [6, 6.07) is 19.1. The Balaban J connectivity index is 0.000000175. The quantitative estimate of drug-likeness (QED) is 0.0290. The van der Waals surface area contributed by atoms with Gasteiger partial charge in [0.25, 0.3) is 10.0 Å². The number of ether oxygens (including phenoxy) is 2. The number of nitrogens with one attached hydrogen (secondary N) is 1. The number of fused-ring (bicyclic) bond motifs is 2. The first kappa shape index (κ1) is 56.0. The fourth-order valence-electron chi connectivity index (χ4n) is 6.98. The molecule has 4 heterocycles. The third kappa shape index (κ3) is 12.2. The fraction of sp³-hybridized carbons (Fsp3) is 0.120. The molecule has 0 saturated carbocycles. The van der Waals surface area contributed by atoms with Gasteiger partial charge in [-0.3, -0.25) is 9.97 Å². The molecule has 0 aliphatic carbocycles. The van der Waals surface area contributed by atoms with Gasteiger partial charge in [-0.05, 0) is 95.4 Å². The highest BCUT2D eigenvalue weighted by Gasteiger charge is 2.32. The molecular formula is C50H35Cl2F5N8O7S4. The number of methoxy groups -OCH3 is 2. The van der Waals surface area contributed by atoms with E-state index in [2.05, 4.69) is 52.1 Å². The molecule has 0 aliphatic rings. The van der Waals surface area contributed by atoms with Crippen molar-refractivity contribution in [2.24, 2.45) is 0 Å². The van der Waals surface area contributed by atoms with Crippen LogP contribution in [-0.2, 0) is 33.2 Å². The number of nitrogens with zero attached hydrogens (tertiary/aromatic N) is 7. The lowest BCUT2D eigenvalue weighted by Gasteiger charge is -2.23. The van der Waals surface area contributed by atoms with Gasteiger partial charge in [-0.2, -0.15) is 17.2 Å². The number of aryl methyl sites for hydroxylation is 2. The van der Waals surface area contributed by atoms with Crippen LogP contribution in [0.2, 0.25) is 10.3 Å². The first-order valence-electron chi connectivity index (χ1n) is 21.4. The lowest BCUT2D eigenvalue weighted by molar-refractivity contribution is 0.346. The van der Waals surface area contributed by atoms with Gasteiger partial charge in [-0.25, -0.2) is 45.6 Å². The summed E-state index contributed by atoms with van der Waals surface area (Å²) in [4.78, 5) is 22.1. The minimum absolute atomic E-state index is 0.0251. The van der Waals surface area contributed by atoms with Crippen molar-refractivity contribution in [3.63, 3.8) is 0 Å². The monoisotopic (exact) mass is 1150 g/mol. The zero-order valence-corrected chi connectivity index (χ0v) is 44.4. The molecule has 15 nitrogen and oxygen atoms in total. The SMILES string of the molecule is COc1ccc(CNc2nccs2)c(C)c1.[C-]#[N+]c1cnc(Cl)c2ccc(S(=O)(=O)N(Cc3ccc(OC)cc3C)c3nccs3)cc12.[C-]#[N+]c1cnc(Cl)c2ccc(S(=O)(=O)Oc3c(F)c(F)c(F)c(F)c3F)cc12. The van der Waals surface area contributed by atoms with Crippen LogP contribution in [-0.4, -0.2) is 51.0 Å². The molecule has 0 spiro atoms. The maximum Gasteiger partial charge on any atom is 0.339 e. The van der Waals surface area contributed by atoms with Gasteiger partial charge >= 0.3 is 10.1 Å². The van der Waals surface area contributed by atoms with Gasteiger partial charge in [0, 0.05) is 52.9 Å². The molecule has 0 radical (unpaired) electrons. The van der Waals surface area contributed by atoms with Crippen molar-refractivity contribution in [3.8, 4) is 17.2 Å². The van der Waals surface area contributed by atoms with Crippen LogP contribution in [0.5, 0.6) is 17.2 Å². The number of halogens is 7. The first-order chi connectivity index (χ1) is 36.2. The Morgan fingerprint density at radius 3 is 1.62 bits per heavy atom. The third-order valence-corrected chi connectivity index (χ3v) is 16.2. The van der Waals surface area contributed by atoms with Crippen LogP contribution in [0.1, 0.15) is 22.3 Å². The Labute approximate surface area is 449 Å². The molecule has 76 heavy (non-hydrogen) atoms. The molecule has 0 saturated heterocycles. The number of hydrogen-bond acceptors (Lipinski definition) is 14. The average Bonchev–Trinajstić information content (AvgIpc) is 4.17. The largest absolute Gasteiger partial charge is 0.497 e. The van der Waals surface area contributed by atoms with Gasteiger partial charge in [-0.15, -0.1) is 22.7 Å². The predicted molar refractivity (Wildman–Crippen MR) is 280 cm³/mol. The standard InChI is InChI=1S/C22H17ClN4O3S2.C16H4ClF5N2O3S.C12H14N2OS/c1-14-10-16(30-3)5-4-15(14)13-27(22-25-8-9-31-22)32(28,29)17-6-7-18-19(11-17)20(24-2)12-26-21(18)23;1-23-9-5-24-16(17)7-3-2-6(4-8(7)9)28(25,26)27-15-13(21)11(19)10(18)12(20)14(15)22;1-9-7-11(15-2)4-3-10(9)8-14-12-13-5-6-16-12/h4-12H,13H2,1,3H3;2-5H;3-7H,8H2,1-2H3,(H,13,14). The summed E-state index contributed by atoms with van der Waals surface area (Å²) in [7, 11) is -5.77. The van der Waals surface area contributed by atoms with E-state index in [0.717, 1.165) is 52.9 Å². The Hall–Kier alpha value is -7.71. The zero-order chi connectivity index (χ0) is 55.1. The van der Waals surface area contributed by atoms with Crippen LogP contribution >= 0.6 is 45.9 Å². The molecule has 0 bridgehead atoms. The van der Waals surface area contributed by atoms with Crippen LogP contribution in [0.15, 0.2) is 118 Å². The van der Waals surface area contributed by atoms with Crippen LogP contribution in [0.3, 0.4) is 0 Å². The molecule has 1 N–H and O–H groups in total. The molecular weight excluding hydrogens is 1120 g/mol. The van der Waals surface area contributed by atoms with Crippen molar-refractivity contribution in [1.82, 2.24) is 19.9 Å². The van der Waals surface area contributed by atoms with Gasteiger partial charge in [0.15, 0.2) is 10.3 Å². The molecule has 9 aromatic rings. The fourth-order valence-corrected chi connectivity index (χ4v) is 11.2. The minimum atomic E-state index is -5.04.